The fourth-order valence-electron chi connectivity index (χ4n) is 1.79. The molecule has 0 bridgehead atoms. The Morgan fingerprint density at radius 2 is 2.14 bits per heavy atom. The van der Waals surface area contributed by atoms with Gasteiger partial charge in [-0.2, -0.15) is 0 Å². The lowest BCUT2D eigenvalue weighted by Gasteiger charge is -2.02. The lowest BCUT2D eigenvalue weighted by molar-refractivity contribution is -0.138. The third-order valence-electron chi connectivity index (χ3n) is 2.46. The zero-order valence-corrected chi connectivity index (χ0v) is 7.34. The minimum atomic E-state index is -0.879. The number of carboxylic acid groups (broad SMARTS) is 1. The quantitative estimate of drug-likeness (QED) is 0.521. The predicted octanol–water partition coefficient (Wildman–Crippen LogP) is 1.44. The van der Waals surface area contributed by atoms with E-state index in [9.17, 15) is 4.79 Å². The number of carbonyl (C=O) groups is 1. The molecule has 0 amide bonds. The first-order valence-corrected chi connectivity index (χ1v) is 4.27. The summed E-state index contributed by atoms with van der Waals surface area (Å²) < 4.78 is 0. The molecule has 1 aromatic carbocycles. The highest BCUT2D eigenvalue weighted by Crippen LogP contribution is 2.33. The maximum absolute atomic E-state index is 10.9. The maximum atomic E-state index is 10.9. The summed E-state index contributed by atoms with van der Waals surface area (Å²) in [6.07, 6.45) is 0.269. The Morgan fingerprint density at radius 3 is 2.79 bits per heavy atom. The van der Waals surface area contributed by atoms with Gasteiger partial charge in [-0.1, -0.05) is 29.4 Å². The predicted molar refractivity (Wildman–Crippen MR) is 49.8 cm³/mol. The van der Waals surface area contributed by atoms with Gasteiger partial charge in [-0.3, -0.25) is 4.79 Å². The highest BCUT2D eigenvalue weighted by molar-refractivity contribution is 6.08. The van der Waals surface area contributed by atoms with Gasteiger partial charge in [-0.05, 0) is 5.56 Å². The molecular weight excluding hydrogens is 182 g/mol. The summed E-state index contributed by atoms with van der Waals surface area (Å²) in [5.74, 6) is -1.45. The van der Waals surface area contributed by atoms with Crippen molar-refractivity contribution in [2.75, 3.05) is 0 Å². The van der Waals surface area contributed by atoms with Gasteiger partial charge in [0.15, 0.2) is 0 Å². The van der Waals surface area contributed by atoms with Crippen LogP contribution in [0.3, 0.4) is 0 Å². The number of nitrogens with zero attached hydrogens (tertiary/aromatic N) is 1. The molecule has 1 aromatic rings. The van der Waals surface area contributed by atoms with E-state index in [0.717, 1.165) is 11.1 Å². The van der Waals surface area contributed by atoms with Crippen molar-refractivity contribution in [1.29, 1.82) is 0 Å². The van der Waals surface area contributed by atoms with Crippen molar-refractivity contribution in [3.05, 3.63) is 35.4 Å². The molecule has 0 fully saturated rings. The Labute approximate surface area is 80.5 Å². The maximum Gasteiger partial charge on any atom is 0.311 e. The molecule has 0 radical (unpaired) electrons. The van der Waals surface area contributed by atoms with E-state index in [2.05, 4.69) is 5.16 Å². The van der Waals surface area contributed by atoms with Crippen LogP contribution in [-0.2, 0) is 4.79 Å². The summed E-state index contributed by atoms with van der Waals surface area (Å²) >= 11 is 0. The Hall–Kier alpha value is -1.84. The summed E-state index contributed by atoms with van der Waals surface area (Å²) in [5, 5.41) is 20.8. The normalized spacial score (nSPS) is 22.3. The van der Waals surface area contributed by atoms with Crippen LogP contribution in [0.4, 0.5) is 0 Å². The van der Waals surface area contributed by atoms with Crippen molar-refractivity contribution in [3.8, 4) is 0 Å². The van der Waals surface area contributed by atoms with Gasteiger partial charge in [-0.15, -0.1) is 0 Å². The first-order chi connectivity index (χ1) is 6.74. The van der Waals surface area contributed by atoms with Crippen LogP contribution in [0.2, 0.25) is 0 Å². The lowest BCUT2D eigenvalue weighted by atomic mass is 10.0. The van der Waals surface area contributed by atoms with Gasteiger partial charge in [0.25, 0.3) is 0 Å². The standard InChI is InChI=1S/C10H9NO3/c12-10(13)8-5-9(11-14)7-4-2-1-3-6(7)8/h1-4,8,14H,5H2,(H,12,13)/b11-9+. The summed E-state index contributed by atoms with van der Waals surface area (Å²) in [5.41, 5.74) is 1.92. The molecule has 1 atom stereocenters. The molecular formula is C10H9NO3. The monoisotopic (exact) mass is 191 g/mol. The van der Waals surface area contributed by atoms with Gasteiger partial charge in [0.2, 0.25) is 0 Å². The number of oxime groups is 1. The molecule has 0 saturated carbocycles. The van der Waals surface area contributed by atoms with Crippen LogP contribution in [-0.4, -0.2) is 22.0 Å². The minimum absolute atomic E-state index is 0.269. The van der Waals surface area contributed by atoms with Crippen LogP contribution >= 0.6 is 0 Å². The number of carboxylic acids is 1. The number of rotatable bonds is 1. The van der Waals surface area contributed by atoms with E-state index in [0.29, 0.717) is 5.71 Å². The van der Waals surface area contributed by atoms with Gasteiger partial charge in [-0.25, -0.2) is 0 Å². The molecule has 1 aliphatic rings. The highest BCUT2D eigenvalue weighted by Gasteiger charge is 2.32. The molecule has 1 aliphatic carbocycles. The number of fused-ring (bicyclic) bond motifs is 1. The average molecular weight is 191 g/mol. The fraction of sp³-hybridized carbons (Fsp3) is 0.200. The molecule has 0 aliphatic heterocycles. The zero-order valence-electron chi connectivity index (χ0n) is 7.34. The van der Waals surface area contributed by atoms with E-state index in [-0.39, 0.29) is 6.42 Å². The number of benzene rings is 1. The number of hydrogen-bond donors (Lipinski definition) is 2. The van der Waals surface area contributed by atoms with Crippen LogP contribution < -0.4 is 0 Å². The van der Waals surface area contributed by atoms with Gasteiger partial charge >= 0.3 is 5.97 Å². The second-order valence-corrected chi connectivity index (χ2v) is 3.23. The first-order valence-electron chi connectivity index (χ1n) is 4.27. The van der Waals surface area contributed by atoms with Crippen LogP contribution in [0.25, 0.3) is 0 Å². The van der Waals surface area contributed by atoms with Gasteiger partial charge in [0.1, 0.15) is 0 Å². The summed E-state index contributed by atoms with van der Waals surface area (Å²) in [6, 6.07) is 7.11. The van der Waals surface area contributed by atoms with Crippen LogP contribution in [0.5, 0.6) is 0 Å². The molecule has 0 spiro atoms. The molecule has 4 heteroatoms. The Morgan fingerprint density at radius 1 is 1.43 bits per heavy atom. The van der Waals surface area contributed by atoms with Crippen LogP contribution in [0.1, 0.15) is 23.5 Å². The Kier molecular flexibility index (Phi) is 1.96. The van der Waals surface area contributed by atoms with E-state index in [4.69, 9.17) is 10.3 Å². The van der Waals surface area contributed by atoms with E-state index in [1.165, 1.54) is 0 Å². The van der Waals surface area contributed by atoms with Gasteiger partial charge in [0, 0.05) is 12.0 Å². The highest BCUT2D eigenvalue weighted by atomic mass is 16.4. The third-order valence-corrected chi connectivity index (χ3v) is 2.46. The third kappa shape index (κ3) is 1.16. The summed E-state index contributed by atoms with van der Waals surface area (Å²) in [4.78, 5) is 10.9. The molecule has 4 nitrogen and oxygen atoms in total. The molecule has 14 heavy (non-hydrogen) atoms. The van der Waals surface area contributed by atoms with Crippen molar-refractivity contribution in [1.82, 2.24) is 0 Å². The second-order valence-electron chi connectivity index (χ2n) is 3.23. The zero-order chi connectivity index (χ0) is 10.1. The van der Waals surface area contributed by atoms with Gasteiger partial charge in [0.05, 0.1) is 11.6 Å². The molecule has 72 valence electrons. The van der Waals surface area contributed by atoms with Crippen molar-refractivity contribution in [2.45, 2.75) is 12.3 Å². The smallest absolute Gasteiger partial charge is 0.311 e. The van der Waals surface area contributed by atoms with Crippen molar-refractivity contribution in [2.24, 2.45) is 5.16 Å². The van der Waals surface area contributed by atoms with Crippen molar-refractivity contribution in [3.63, 3.8) is 0 Å². The first kappa shape index (κ1) is 8.74. The molecule has 2 rings (SSSR count). The molecule has 0 saturated heterocycles. The van der Waals surface area contributed by atoms with Crippen molar-refractivity contribution >= 4 is 11.7 Å². The Bertz CT molecular complexity index is 412. The average Bonchev–Trinajstić information content (AvgIpc) is 2.56. The van der Waals surface area contributed by atoms with E-state index in [1.54, 1.807) is 24.3 Å². The van der Waals surface area contributed by atoms with E-state index in [1.807, 2.05) is 0 Å². The van der Waals surface area contributed by atoms with Crippen LogP contribution in [0, 0.1) is 0 Å². The molecule has 1 unspecified atom stereocenters. The number of aliphatic carboxylic acids is 1. The molecule has 2 N–H and O–H groups in total. The summed E-state index contributed by atoms with van der Waals surface area (Å²) in [6.45, 7) is 0. The number of hydrogen-bond acceptors (Lipinski definition) is 3. The minimum Gasteiger partial charge on any atom is -0.481 e. The fourth-order valence-corrected chi connectivity index (χ4v) is 1.79. The SMILES string of the molecule is O=C(O)C1C/C(=N\O)c2ccccc21. The largest absolute Gasteiger partial charge is 0.481 e. The lowest BCUT2D eigenvalue weighted by Crippen LogP contribution is -2.08. The molecule has 0 heterocycles. The van der Waals surface area contributed by atoms with E-state index >= 15 is 0 Å². The van der Waals surface area contributed by atoms with Gasteiger partial charge < -0.3 is 10.3 Å². The molecule has 0 aromatic heterocycles. The summed E-state index contributed by atoms with van der Waals surface area (Å²) in [7, 11) is 0. The second kappa shape index (κ2) is 3.14. The Balaban J connectivity index is 2.54. The van der Waals surface area contributed by atoms with Crippen LogP contribution in [0.15, 0.2) is 29.4 Å². The van der Waals surface area contributed by atoms with E-state index < -0.39 is 11.9 Å². The topological polar surface area (TPSA) is 69.9 Å². The van der Waals surface area contributed by atoms with Crippen molar-refractivity contribution < 1.29 is 15.1 Å².